The van der Waals surface area contributed by atoms with Gasteiger partial charge in [0.25, 0.3) is 0 Å². The predicted octanol–water partition coefficient (Wildman–Crippen LogP) is 1.84. The van der Waals surface area contributed by atoms with E-state index in [0.717, 1.165) is 25.8 Å². The summed E-state index contributed by atoms with van der Waals surface area (Å²) in [6.45, 7) is 9.09. The minimum atomic E-state index is 0.144. The average Bonchev–Trinajstić information content (AvgIpc) is 2.27. The van der Waals surface area contributed by atoms with Crippen LogP contribution in [0.2, 0.25) is 0 Å². The van der Waals surface area contributed by atoms with Crippen LogP contribution in [-0.4, -0.2) is 36.7 Å². The lowest BCUT2D eigenvalue weighted by Crippen LogP contribution is -2.42. The Kier molecular flexibility index (Phi) is 6.65. The molecule has 0 aromatic carbocycles. The molecule has 0 radical (unpaired) electrons. The van der Waals surface area contributed by atoms with Gasteiger partial charge in [0.05, 0.1) is 12.2 Å². The van der Waals surface area contributed by atoms with Crippen LogP contribution in [0.1, 0.15) is 53.4 Å². The summed E-state index contributed by atoms with van der Waals surface area (Å²) in [5, 5.41) is 6.44. The second-order valence-corrected chi connectivity index (χ2v) is 5.51. The van der Waals surface area contributed by atoms with Crippen molar-refractivity contribution in [2.45, 2.75) is 77.7 Å². The maximum absolute atomic E-state index is 11.6. The third kappa shape index (κ3) is 5.83. The summed E-state index contributed by atoms with van der Waals surface area (Å²) in [6, 6.07) is 0.765. The molecule has 3 unspecified atom stereocenters. The largest absolute Gasteiger partial charge is 0.375 e. The van der Waals surface area contributed by atoms with Crippen LogP contribution in [0.25, 0.3) is 0 Å². The van der Waals surface area contributed by atoms with Crippen molar-refractivity contribution in [2.24, 2.45) is 0 Å². The Hall–Kier alpha value is -0.610. The van der Waals surface area contributed by atoms with Gasteiger partial charge in [0.15, 0.2) is 0 Å². The molecule has 0 aliphatic carbocycles. The minimum absolute atomic E-state index is 0.144. The number of hydrogen-bond donors (Lipinski definition) is 2. The molecule has 0 bridgehead atoms. The molecule has 1 amide bonds. The number of carbonyl (C=O) groups is 1. The number of hydrogen-bond acceptors (Lipinski definition) is 3. The maximum Gasteiger partial charge on any atom is 0.221 e. The van der Waals surface area contributed by atoms with Gasteiger partial charge in [-0.3, -0.25) is 4.79 Å². The van der Waals surface area contributed by atoms with Gasteiger partial charge in [-0.05, 0) is 40.0 Å². The second kappa shape index (κ2) is 7.74. The topological polar surface area (TPSA) is 50.4 Å². The quantitative estimate of drug-likeness (QED) is 0.762. The summed E-state index contributed by atoms with van der Waals surface area (Å²) in [6.07, 6.45) is 4.26. The van der Waals surface area contributed by atoms with E-state index in [1.54, 1.807) is 0 Å². The van der Waals surface area contributed by atoms with Crippen LogP contribution >= 0.6 is 0 Å². The van der Waals surface area contributed by atoms with E-state index in [0.29, 0.717) is 24.7 Å². The summed E-state index contributed by atoms with van der Waals surface area (Å²) in [7, 11) is 0. The Labute approximate surface area is 111 Å². The number of rotatable bonds is 6. The highest BCUT2D eigenvalue weighted by Gasteiger charge is 2.23. The van der Waals surface area contributed by atoms with Crippen LogP contribution in [0.15, 0.2) is 0 Å². The van der Waals surface area contributed by atoms with Crippen molar-refractivity contribution in [1.82, 2.24) is 10.6 Å². The summed E-state index contributed by atoms with van der Waals surface area (Å²) in [5.41, 5.74) is 0. The van der Waals surface area contributed by atoms with Crippen molar-refractivity contribution in [3.63, 3.8) is 0 Å². The standard InChI is InChI=1S/C14H28N2O2/c1-5-10(2)16-14(17)6-7-15-13-8-11(3)18-12(4)9-13/h10-13,15H,5-9H2,1-4H3,(H,16,17). The highest BCUT2D eigenvalue weighted by molar-refractivity contribution is 5.76. The molecule has 1 aliphatic heterocycles. The van der Waals surface area contributed by atoms with E-state index in [9.17, 15) is 4.79 Å². The zero-order chi connectivity index (χ0) is 13.5. The SMILES string of the molecule is CCC(C)NC(=O)CCNC1CC(C)OC(C)C1. The smallest absolute Gasteiger partial charge is 0.221 e. The average molecular weight is 256 g/mol. The minimum Gasteiger partial charge on any atom is -0.375 e. The first kappa shape index (κ1) is 15.4. The Bertz CT molecular complexity index is 248. The predicted molar refractivity (Wildman–Crippen MR) is 73.5 cm³/mol. The molecule has 0 aromatic heterocycles. The Morgan fingerprint density at radius 3 is 2.50 bits per heavy atom. The third-order valence-corrected chi connectivity index (χ3v) is 3.50. The molecule has 106 valence electrons. The first-order chi connectivity index (χ1) is 8.51. The molecule has 4 nitrogen and oxygen atoms in total. The van der Waals surface area contributed by atoms with Crippen LogP contribution < -0.4 is 10.6 Å². The van der Waals surface area contributed by atoms with Crippen molar-refractivity contribution in [1.29, 1.82) is 0 Å². The van der Waals surface area contributed by atoms with Crippen LogP contribution in [0.4, 0.5) is 0 Å². The van der Waals surface area contributed by atoms with Gasteiger partial charge in [-0.15, -0.1) is 0 Å². The van der Waals surface area contributed by atoms with E-state index < -0.39 is 0 Å². The van der Waals surface area contributed by atoms with E-state index in [-0.39, 0.29) is 11.9 Å². The lowest BCUT2D eigenvalue weighted by molar-refractivity contribution is -0.121. The van der Waals surface area contributed by atoms with Crippen LogP contribution in [0.3, 0.4) is 0 Å². The molecule has 1 heterocycles. The number of nitrogens with one attached hydrogen (secondary N) is 2. The number of carbonyl (C=O) groups excluding carboxylic acids is 1. The number of ether oxygens (including phenoxy) is 1. The molecule has 1 saturated heterocycles. The monoisotopic (exact) mass is 256 g/mol. The Morgan fingerprint density at radius 2 is 1.94 bits per heavy atom. The van der Waals surface area contributed by atoms with Crippen molar-refractivity contribution in [3.05, 3.63) is 0 Å². The fourth-order valence-corrected chi connectivity index (χ4v) is 2.41. The van der Waals surface area contributed by atoms with E-state index in [2.05, 4.69) is 31.4 Å². The zero-order valence-corrected chi connectivity index (χ0v) is 12.2. The molecule has 18 heavy (non-hydrogen) atoms. The fourth-order valence-electron chi connectivity index (χ4n) is 2.41. The van der Waals surface area contributed by atoms with Crippen LogP contribution in [0, 0.1) is 0 Å². The number of amides is 1. The van der Waals surface area contributed by atoms with Crippen molar-refractivity contribution >= 4 is 5.91 Å². The van der Waals surface area contributed by atoms with E-state index >= 15 is 0 Å². The lowest BCUT2D eigenvalue weighted by Gasteiger charge is -2.32. The van der Waals surface area contributed by atoms with Crippen LogP contribution in [-0.2, 0) is 9.53 Å². The summed E-state index contributed by atoms with van der Waals surface area (Å²) < 4.78 is 5.69. The first-order valence-corrected chi connectivity index (χ1v) is 7.19. The van der Waals surface area contributed by atoms with Gasteiger partial charge in [0, 0.05) is 25.0 Å². The molecular formula is C14H28N2O2. The summed E-state index contributed by atoms with van der Waals surface area (Å²) in [5.74, 6) is 0.144. The van der Waals surface area contributed by atoms with Crippen molar-refractivity contribution in [2.75, 3.05) is 6.54 Å². The highest BCUT2D eigenvalue weighted by atomic mass is 16.5. The zero-order valence-electron chi connectivity index (χ0n) is 12.2. The lowest BCUT2D eigenvalue weighted by atomic mass is 10.00. The fraction of sp³-hybridized carbons (Fsp3) is 0.929. The molecule has 4 heteroatoms. The van der Waals surface area contributed by atoms with Crippen molar-refractivity contribution < 1.29 is 9.53 Å². The molecule has 3 atom stereocenters. The Balaban J connectivity index is 2.15. The maximum atomic E-state index is 11.6. The molecule has 2 N–H and O–H groups in total. The normalized spacial score (nSPS) is 29.9. The molecule has 1 fully saturated rings. The van der Waals surface area contributed by atoms with Gasteiger partial charge in [-0.1, -0.05) is 6.92 Å². The van der Waals surface area contributed by atoms with Gasteiger partial charge < -0.3 is 15.4 Å². The molecule has 0 spiro atoms. The molecule has 1 rings (SSSR count). The van der Waals surface area contributed by atoms with Crippen LogP contribution in [0.5, 0.6) is 0 Å². The molecule has 0 aromatic rings. The van der Waals surface area contributed by atoms with E-state index in [4.69, 9.17) is 4.74 Å². The van der Waals surface area contributed by atoms with Gasteiger partial charge >= 0.3 is 0 Å². The first-order valence-electron chi connectivity index (χ1n) is 7.19. The van der Waals surface area contributed by atoms with Gasteiger partial charge in [0.2, 0.25) is 5.91 Å². The van der Waals surface area contributed by atoms with Crippen molar-refractivity contribution in [3.8, 4) is 0 Å². The summed E-state index contributed by atoms with van der Waals surface area (Å²) >= 11 is 0. The highest BCUT2D eigenvalue weighted by Crippen LogP contribution is 2.18. The summed E-state index contributed by atoms with van der Waals surface area (Å²) in [4.78, 5) is 11.6. The Morgan fingerprint density at radius 1 is 1.33 bits per heavy atom. The molecular weight excluding hydrogens is 228 g/mol. The van der Waals surface area contributed by atoms with Gasteiger partial charge in [-0.25, -0.2) is 0 Å². The second-order valence-electron chi connectivity index (χ2n) is 5.51. The van der Waals surface area contributed by atoms with E-state index in [1.807, 2.05) is 6.92 Å². The third-order valence-electron chi connectivity index (χ3n) is 3.50. The van der Waals surface area contributed by atoms with Gasteiger partial charge in [-0.2, -0.15) is 0 Å². The molecule has 0 saturated carbocycles. The molecule has 1 aliphatic rings. The van der Waals surface area contributed by atoms with Gasteiger partial charge in [0.1, 0.15) is 0 Å². The van der Waals surface area contributed by atoms with E-state index in [1.165, 1.54) is 0 Å².